The van der Waals surface area contributed by atoms with E-state index in [2.05, 4.69) is 4.98 Å². The molecule has 0 radical (unpaired) electrons. The van der Waals surface area contributed by atoms with Crippen LogP contribution in [0.5, 0.6) is 5.75 Å². The number of hydrogen-bond acceptors (Lipinski definition) is 3. The lowest BCUT2D eigenvalue weighted by atomic mass is 10.0. The van der Waals surface area contributed by atoms with Crippen LogP contribution in [0.25, 0.3) is 0 Å². The van der Waals surface area contributed by atoms with Crippen LogP contribution in [0.1, 0.15) is 18.9 Å². The smallest absolute Gasteiger partial charge is 0.165 e. The highest BCUT2D eigenvalue weighted by molar-refractivity contribution is 5.35. The SMILES string of the molecule is CCC(N)Cc1cccc(F)c1OCCn1ccnc1. The van der Waals surface area contributed by atoms with Crippen LogP contribution in [0.3, 0.4) is 0 Å². The van der Waals surface area contributed by atoms with Gasteiger partial charge in [-0.15, -0.1) is 0 Å². The van der Waals surface area contributed by atoms with E-state index >= 15 is 0 Å². The third-order valence-electron chi connectivity index (χ3n) is 3.21. The van der Waals surface area contributed by atoms with Crippen molar-refractivity contribution >= 4 is 0 Å². The van der Waals surface area contributed by atoms with Crippen LogP contribution in [-0.4, -0.2) is 22.2 Å². The Morgan fingerprint density at radius 2 is 2.30 bits per heavy atom. The summed E-state index contributed by atoms with van der Waals surface area (Å²) in [6.07, 6.45) is 6.73. The lowest BCUT2D eigenvalue weighted by molar-refractivity contribution is 0.280. The summed E-state index contributed by atoms with van der Waals surface area (Å²) in [5, 5.41) is 0. The number of aromatic nitrogens is 2. The van der Waals surface area contributed by atoms with Crippen LogP contribution in [0.2, 0.25) is 0 Å². The molecule has 1 aromatic heterocycles. The molecular formula is C15H20FN3O. The number of imidazole rings is 1. The Morgan fingerprint density at radius 1 is 1.45 bits per heavy atom. The molecule has 0 saturated carbocycles. The maximum atomic E-state index is 13.9. The standard InChI is InChI=1S/C15H20FN3O/c1-2-13(17)10-12-4-3-5-14(16)15(12)20-9-8-19-7-6-18-11-19/h3-7,11,13H,2,8-10,17H2,1H3. The van der Waals surface area contributed by atoms with Crippen molar-refractivity contribution < 1.29 is 9.13 Å². The van der Waals surface area contributed by atoms with Crippen molar-refractivity contribution in [1.82, 2.24) is 9.55 Å². The van der Waals surface area contributed by atoms with Gasteiger partial charge in [0.15, 0.2) is 11.6 Å². The fraction of sp³-hybridized carbons (Fsp3) is 0.400. The molecule has 0 saturated heterocycles. The summed E-state index contributed by atoms with van der Waals surface area (Å²) >= 11 is 0. The second kappa shape index (κ2) is 7.05. The summed E-state index contributed by atoms with van der Waals surface area (Å²) in [6.45, 7) is 3.04. The number of rotatable bonds is 7. The van der Waals surface area contributed by atoms with Crippen LogP contribution in [-0.2, 0) is 13.0 Å². The minimum atomic E-state index is -0.337. The first-order chi connectivity index (χ1) is 9.70. The average Bonchev–Trinajstić information content (AvgIpc) is 2.95. The van der Waals surface area contributed by atoms with Gasteiger partial charge in [-0.3, -0.25) is 0 Å². The molecule has 5 heteroatoms. The van der Waals surface area contributed by atoms with Gasteiger partial charge in [0.05, 0.1) is 12.9 Å². The number of ether oxygens (including phenoxy) is 1. The van der Waals surface area contributed by atoms with Gasteiger partial charge in [0, 0.05) is 18.4 Å². The molecule has 0 amide bonds. The summed E-state index contributed by atoms with van der Waals surface area (Å²) in [7, 11) is 0. The summed E-state index contributed by atoms with van der Waals surface area (Å²) < 4.78 is 21.4. The van der Waals surface area contributed by atoms with Crippen molar-refractivity contribution in [1.29, 1.82) is 0 Å². The molecule has 1 aromatic carbocycles. The van der Waals surface area contributed by atoms with E-state index in [1.54, 1.807) is 18.6 Å². The van der Waals surface area contributed by atoms with Gasteiger partial charge < -0.3 is 15.0 Å². The van der Waals surface area contributed by atoms with Crippen LogP contribution in [0.4, 0.5) is 4.39 Å². The number of hydrogen-bond donors (Lipinski definition) is 1. The zero-order valence-corrected chi connectivity index (χ0v) is 11.6. The minimum absolute atomic E-state index is 0.0211. The molecule has 0 aliphatic rings. The van der Waals surface area contributed by atoms with Crippen LogP contribution < -0.4 is 10.5 Å². The maximum absolute atomic E-state index is 13.9. The zero-order valence-electron chi connectivity index (χ0n) is 11.6. The molecule has 0 bridgehead atoms. The Hall–Kier alpha value is -1.88. The minimum Gasteiger partial charge on any atom is -0.488 e. The second-order valence-electron chi connectivity index (χ2n) is 4.75. The molecular weight excluding hydrogens is 257 g/mol. The number of para-hydroxylation sites is 1. The first-order valence-electron chi connectivity index (χ1n) is 6.82. The van der Waals surface area contributed by atoms with Crippen molar-refractivity contribution in [2.45, 2.75) is 32.4 Å². The van der Waals surface area contributed by atoms with E-state index in [1.807, 2.05) is 23.8 Å². The van der Waals surface area contributed by atoms with Crippen molar-refractivity contribution in [3.63, 3.8) is 0 Å². The van der Waals surface area contributed by atoms with E-state index in [4.69, 9.17) is 10.5 Å². The molecule has 1 heterocycles. The lowest BCUT2D eigenvalue weighted by Crippen LogP contribution is -2.22. The highest BCUT2D eigenvalue weighted by Crippen LogP contribution is 2.24. The van der Waals surface area contributed by atoms with Gasteiger partial charge in [0.1, 0.15) is 6.61 Å². The number of benzene rings is 1. The average molecular weight is 277 g/mol. The fourth-order valence-corrected chi connectivity index (χ4v) is 1.97. The summed E-state index contributed by atoms with van der Waals surface area (Å²) in [6, 6.07) is 4.99. The third-order valence-corrected chi connectivity index (χ3v) is 3.21. The van der Waals surface area contributed by atoms with Crippen LogP contribution in [0.15, 0.2) is 36.9 Å². The summed E-state index contributed by atoms with van der Waals surface area (Å²) in [4.78, 5) is 3.95. The number of halogens is 1. The molecule has 2 N–H and O–H groups in total. The van der Waals surface area contributed by atoms with Crippen molar-refractivity contribution in [3.8, 4) is 5.75 Å². The third kappa shape index (κ3) is 3.81. The van der Waals surface area contributed by atoms with Crippen molar-refractivity contribution in [2.75, 3.05) is 6.61 Å². The Kier molecular flexibility index (Phi) is 5.12. The van der Waals surface area contributed by atoms with Crippen LogP contribution >= 0.6 is 0 Å². The van der Waals surface area contributed by atoms with E-state index in [1.165, 1.54) is 6.07 Å². The Morgan fingerprint density at radius 3 is 3.00 bits per heavy atom. The Balaban J connectivity index is 2.01. The highest BCUT2D eigenvalue weighted by atomic mass is 19.1. The van der Waals surface area contributed by atoms with Crippen molar-refractivity contribution in [2.24, 2.45) is 5.73 Å². The fourth-order valence-electron chi connectivity index (χ4n) is 1.97. The molecule has 1 atom stereocenters. The van der Waals surface area contributed by atoms with Gasteiger partial charge >= 0.3 is 0 Å². The molecule has 0 aliphatic heterocycles. The number of nitrogens with two attached hydrogens (primary N) is 1. The lowest BCUT2D eigenvalue weighted by Gasteiger charge is -2.15. The largest absolute Gasteiger partial charge is 0.488 e. The van der Waals surface area contributed by atoms with Crippen LogP contribution in [0, 0.1) is 5.82 Å². The molecule has 0 fully saturated rings. The molecule has 108 valence electrons. The van der Waals surface area contributed by atoms with E-state index in [0.29, 0.717) is 25.3 Å². The maximum Gasteiger partial charge on any atom is 0.165 e. The zero-order chi connectivity index (χ0) is 14.4. The first-order valence-corrected chi connectivity index (χ1v) is 6.82. The normalized spacial score (nSPS) is 12.3. The van der Waals surface area contributed by atoms with E-state index in [9.17, 15) is 4.39 Å². The summed E-state index contributed by atoms with van der Waals surface area (Å²) in [5.74, 6) is -0.0204. The molecule has 0 spiro atoms. The number of nitrogens with zero attached hydrogens (tertiary/aromatic N) is 2. The molecule has 4 nitrogen and oxygen atoms in total. The van der Waals surface area contributed by atoms with Gasteiger partial charge in [0.25, 0.3) is 0 Å². The quantitative estimate of drug-likeness (QED) is 0.845. The second-order valence-corrected chi connectivity index (χ2v) is 4.75. The van der Waals surface area contributed by atoms with Gasteiger partial charge in [-0.25, -0.2) is 9.37 Å². The highest BCUT2D eigenvalue weighted by Gasteiger charge is 2.12. The van der Waals surface area contributed by atoms with Crippen molar-refractivity contribution in [3.05, 3.63) is 48.3 Å². The summed E-state index contributed by atoms with van der Waals surface area (Å²) in [5.41, 5.74) is 6.76. The van der Waals surface area contributed by atoms with Gasteiger partial charge in [0.2, 0.25) is 0 Å². The molecule has 2 aromatic rings. The molecule has 0 aliphatic carbocycles. The Labute approximate surface area is 118 Å². The Bertz CT molecular complexity index is 528. The van der Waals surface area contributed by atoms with E-state index in [0.717, 1.165) is 12.0 Å². The predicted octanol–water partition coefficient (Wildman–Crippen LogP) is 2.38. The van der Waals surface area contributed by atoms with Gasteiger partial charge in [-0.05, 0) is 24.5 Å². The monoisotopic (exact) mass is 277 g/mol. The molecule has 20 heavy (non-hydrogen) atoms. The molecule has 2 rings (SSSR count). The first kappa shape index (κ1) is 14.5. The molecule has 1 unspecified atom stereocenters. The van der Waals surface area contributed by atoms with E-state index < -0.39 is 0 Å². The van der Waals surface area contributed by atoms with Gasteiger partial charge in [-0.1, -0.05) is 19.1 Å². The van der Waals surface area contributed by atoms with Gasteiger partial charge in [-0.2, -0.15) is 0 Å². The van der Waals surface area contributed by atoms with E-state index in [-0.39, 0.29) is 11.9 Å². The predicted molar refractivity (Wildman–Crippen MR) is 76.1 cm³/mol. The topological polar surface area (TPSA) is 53.1 Å².